The maximum Gasteiger partial charge on any atom is 0.223 e. The number of nitrogens with zero attached hydrogens (tertiary/aromatic N) is 1. The first kappa shape index (κ1) is 15.6. The van der Waals surface area contributed by atoms with E-state index in [1.807, 2.05) is 36.9 Å². The second kappa shape index (κ2) is 6.80. The van der Waals surface area contributed by atoms with Crippen LogP contribution in [-0.4, -0.2) is 37.1 Å². The molecule has 5 nitrogen and oxygen atoms in total. The number of amides is 1. The van der Waals surface area contributed by atoms with E-state index in [1.165, 1.54) is 0 Å². The number of benzene rings is 1. The molecule has 2 atom stereocenters. The molecule has 1 aromatic carbocycles. The van der Waals surface area contributed by atoms with Crippen LogP contribution in [0.4, 0.5) is 0 Å². The van der Waals surface area contributed by atoms with Crippen molar-refractivity contribution in [3.8, 4) is 11.5 Å². The predicted molar refractivity (Wildman–Crippen MR) is 81.5 cm³/mol. The quantitative estimate of drug-likeness (QED) is 0.902. The van der Waals surface area contributed by atoms with Gasteiger partial charge < -0.3 is 20.1 Å². The van der Waals surface area contributed by atoms with Crippen molar-refractivity contribution in [1.82, 2.24) is 4.90 Å². The zero-order valence-electron chi connectivity index (χ0n) is 13.0. The molecular weight excluding hydrogens is 268 g/mol. The molecule has 2 unspecified atom stereocenters. The molecule has 5 heteroatoms. The van der Waals surface area contributed by atoms with Crippen molar-refractivity contribution >= 4 is 5.91 Å². The maximum atomic E-state index is 12.1. The summed E-state index contributed by atoms with van der Waals surface area (Å²) >= 11 is 0. The standard InChI is InChI=1S/C16H24N2O3/c1-4-18-15(19)9-7-12(17)16(18)11-6-8-13(20-3)14(10-11)21-5-2/h6,8,10,12,16H,4-5,7,9,17H2,1-3H3. The number of piperidine rings is 1. The third kappa shape index (κ3) is 3.13. The lowest BCUT2D eigenvalue weighted by molar-refractivity contribution is -0.137. The highest BCUT2D eigenvalue weighted by Crippen LogP contribution is 2.36. The van der Waals surface area contributed by atoms with E-state index in [0.717, 1.165) is 12.0 Å². The van der Waals surface area contributed by atoms with E-state index in [4.69, 9.17) is 15.2 Å². The average molecular weight is 292 g/mol. The number of likely N-dealkylation sites (tertiary alicyclic amines) is 1. The highest BCUT2D eigenvalue weighted by Gasteiger charge is 2.34. The number of carbonyl (C=O) groups is 1. The summed E-state index contributed by atoms with van der Waals surface area (Å²) in [6, 6.07) is 5.63. The minimum Gasteiger partial charge on any atom is -0.493 e. The first-order chi connectivity index (χ1) is 10.1. The highest BCUT2D eigenvalue weighted by molar-refractivity contribution is 5.78. The minimum absolute atomic E-state index is 0.0504. The second-order valence-corrected chi connectivity index (χ2v) is 5.17. The van der Waals surface area contributed by atoms with Gasteiger partial charge in [-0.2, -0.15) is 0 Å². The summed E-state index contributed by atoms with van der Waals surface area (Å²) in [4.78, 5) is 14.0. The molecule has 1 aromatic rings. The van der Waals surface area contributed by atoms with Gasteiger partial charge in [0.15, 0.2) is 11.5 Å². The molecule has 0 aromatic heterocycles. The van der Waals surface area contributed by atoms with Gasteiger partial charge in [0.2, 0.25) is 5.91 Å². The largest absolute Gasteiger partial charge is 0.493 e. The Hall–Kier alpha value is -1.75. The summed E-state index contributed by atoms with van der Waals surface area (Å²) in [7, 11) is 1.62. The zero-order valence-corrected chi connectivity index (χ0v) is 13.0. The van der Waals surface area contributed by atoms with E-state index in [-0.39, 0.29) is 18.0 Å². The van der Waals surface area contributed by atoms with Gasteiger partial charge in [0.1, 0.15) is 0 Å². The second-order valence-electron chi connectivity index (χ2n) is 5.17. The Bertz CT molecular complexity index is 504. The minimum atomic E-state index is -0.0960. The van der Waals surface area contributed by atoms with Gasteiger partial charge in [-0.1, -0.05) is 6.07 Å². The first-order valence-electron chi connectivity index (χ1n) is 7.48. The Morgan fingerprint density at radius 3 is 2.71 bits per heavy atom. The zero-order chi connectivity index (χ0) is 15.4. The SMILES string of the molecule is CCOc1cc(C2C(N)CCC(=O)N2CC)ccc1OC. The van der Waals surface area contributed by atoms with Crippen LogP contribution < -0.4 is 15.2 Å². The summed E-state index contributed by atoms with van der Waals surface area (Å²) in [5.74, 6) is 1.55. The number of hydrogen-bond acceptors (Lipinski definition) is 4. The summed E-state index contributed by atoms with van der Waals surface area (Å²) in [5, 5.41) is 0. The highest BCUT2D eigenvalue weighted by atomic mass is 16.5. The topological polar surface area (TPSA) is 64.8 Å². The number of nitrogens with two attached hydrogens (primary N) is 1. The molecule has 1 heterocycles. The molecule has 0 spiro atoms. The molecule has 0 radical (unpaired) electrons. The molecule has 1 saturated heterocycles. The van der Waals surface area contributed by atoms with E-state index < -0.39 is 0 Å². The predicted octanol–water partition coefficient (Wildman–Crippen LogP) is 2.10. The van der Waals surface area contributed by atoms with Gasteiger partial charge in [0.25, 0.3) is 0 Å². The van der Waals surface area contributed by atoms with Crippen molar-refractivity contribution in [3.63, 3.8) is 0 Å². The molecule has 21 heavy (non-hydrogen) atoms. The number of hydrogen-bond donors (Lipinski definition) is 1. The molecule has 0 bridgehead atoms. The van der Waals surface area contributed by atoms with Crippen LogP contribution in [0.2, 0.25) is 0 Å². The normalized spacial score (nSPS) is 22.3. The first-order valence-corrected chi connectivity index (χ1v) is 7.48. The van der Waals surface area contributed by atoms with Crippen molar-refractivity contribution in [2.75, 3.05) is 20.3 Å². The Balaban J connectivity index is 2.38. The molecule has 1 fully saturated rings. The summed E-state index contributed by atoms with van der Waals surface area (Å²) in [5.41, 5.74) is 7.27. The Kier molecular flexibility index (Phi) is 5.07. The fourth-order valence-corrected chi connectivity index (χ4v) is 2.92. The molecule has 0 aliphatic carbocycles. The van der Waals surface area contributed by atoms with Crippen LogP contribution in [0, 0.1) is 0 Å². The van der Waals surface area contributed by atoms with E-state index in [2.05, 4.69) is 0 Å². The smallest absolute Gasteiger partial charge is 0.223 e. The van der Waals surface area contributed by atoms with Crippen LogP contribution in [0.3, 0.4) is 0 Å². The molecule has 116 valence electrons. The van der Waals surface area contributed by atoms with Crippen molar-refractivity contribution < 1.29 is 14.3 Å². The number of carbonyl (C=O) groups excluding carboxylic acids is 1. The molecule has 2 N–H and O–H groups in total. The fraction of sp³-hybridized carbons (Fsp3) is 0.562. The van der Waals surface area contributed by atoms with Gasteiger partial charge in [0, 0.05) is 19.0 Å². The van der Waals surface area contributed by atoms with Crippen LogP contribution in [0.1, 0.15) is 38.3 Å². The number of ether oxygens (including phenoxy) is 2. The lowest BCUT2D eigenvalue weighted by Crippen LogP contribution is -2.48. The number of likely N-dealkylation sites (N-methyl/N-ethyl adjacent to an activating group) is 1. The van der Waals surface area contributed by atoms with Crippen LogP contribution in [0.15, 0.2) is 18.2 Å². The van der Waals surface area contributed by atoms with Gasteiger partial charge in [-0.15, -0.1) is 0 Å². The average Bonchev–Trinajstić information content (AvgIpc) is 2.49. The summed E-state index contributed by atoms with van der Waals surface area (Å²) in [6.45, 7) is 5.14. The third-order valence-electron chi connectivity index (χ3n) is 3.92. The van der Waals surface area contributed by atoms with Gasteiger partial charge in [0.05, 0.1) is 19.8 Å². The molecular formula is C16H24N2O3. The van der Waals surface area contributed by atoms with Gasteiger partial charge >= 0.3 is 0 Å². The van der Waals surface area contributed by atoms with E-state index in [0.29, 0.717) is 31.1 Å². The maximum absolute atomic E-state index is 12.1. The molecule has 1 aliphatic rings. The lowest BCUT2D eigenvalue weighted by atomic mass is 9.90. The molecule has 2 rings (SSSR count). The van der Waals surface area contributed by atoms with Gasteiger partial charge in [-0.05, 0) is 38.0 Å². The van der Waals surface area contributed by atoms with E-state index >= 15 is 0 Å². The number of rotatable bonds is 5. The lowest BCUT2D eigenvalue weighted by Gasteiger charge is -2.39. The monoisotopic (exact) mass is 292 g/mol. The molecule has 1 amide bonds. The summed E-state index contributed by atoms with van der Waals surface area (Å²) < 4.78 is 10.9. The molecule has 1 aliphatic heterocycles. The fourth-order valence-electron chi connectivity index (χ4n) is 2.92. The Morgan fingerprint density at radius 1 is 1.33 bits per heavy atom. The van der Waals surface area contributed by atoms with Gasteiger partial charge in [-0.25, -0.2) is 0 Å². The Labute approximate surface area is 126 Å². The van der Waals surface area contributed by atoms with E-state index in [9.17, 15) is 4.79 Å². The van der Waals surface area contributed by atoms with Crippen molar-refractivity contribution in [2.45, 2.75) is 38.8 Å². The molecule has 0 saturated carbocycles. The van der Waals surface area contributed by atoms with Crippen molar-refractivity contribution in [2.24, 2.45) is 5.73 Å². The van der Waals surface area contributed by atoms with Gasteiger partial charge in [-0.3, -0.25) is 4.79 Å². The van der Waals surface area contributed by atoms with Crippen LogP contribution >= 0.6 is 0 Å². The number of methoxy groups -OCH3 is 1. The van der Waals surface area contributed by atoms with Crippen LogP contribution in [-0.2, 0) is 4.79 Å². The van der Waals surface area contributed by atoms with Crippen molar-refractivity contribution in [3.05, 3.63) is 23.8 Å². The van der Waals surface area contributed by atoms with Crippen LogP contribution in [0.25, 0.3) is 0 Å². The third-order valence-corrected chi connectivity index (χ3v) is 3.92. The van der Waals surface area contributed by atoms with Crippen LogP contribution in [0.5, 0.6) is 11.5 Å². The van der Waals surface area contributed by atoms with E-state index in [1.54, 1.807) is 7.11 Å². The van der Waals surface area contributed by atoms with Crippen molar-refractivity contribution in [1.29, 1.82) is 0 Å². The summed E-state index contributed by atoms with van der Waals surface area (Å²) in [6.07, 6.45) is 1.25. The Morgan fingerprint density at radius 2 is 2.10 bits per heavy atom.